The summed E-state index contributed by atoms with van der Waals surface area (Å²) in [5.74, 6) is -7.18. The third-order valence-corrected chi connectivity index (χ3v) is 6.65. The van der Waals surface area contributed by atoms with Crippen LogP contribution in [0.5, 0.6) is 11.5 Å². The van der Waals surface area contributed by atoms with Gasteiger partial charge in [-0.3, -0.25) is 19.2 Å². The van der Waals surface area contributed by atoms with Crippen molar-refractivity contribution in [1.82, 2.24) is 10.3 Å². The van der Waals surface area contributed by atoms with Crippen LogP contribution in [-0.2, 0) is 49.3 Å². The lowest BCUT2D eigenvalue weighted by Crippen LogP contribution is -2.47. The topological polar surface area (TPSA) is 183 Å². The molecule has 14 heteroatoms. The van der Waals surface area contributed by atoms with Crippen LogP contribution in [0.3, 0.4) is 0 Å². The highest BCUT2D eigenvalue weighted by Crippen LogP contribution is 2.30. The van der Waals surface area contributed by atoms with Gasteiger partial charge in [0.05, 0.1) is 13.0 Å². The first-order chi connectivity index (χ1) is 21.3. The molecular formula is C31H36N2O12. The molecule has 0 spiro atoms. The number of pyridine rings is 1. The average Bonchev–Trinajstić information content (AvgIpc) is 3.03. The summed E-state index contributed by atoms with van der Waals surface area (Å²) in [5.41, 5.74) is 0.289. The van der Waals surface area contributed by atoms with Gasteiger partial charge < -0.3 is 33.7 Å². The fraction of sp³-hybridized carbons (Fsp3) is 0.452. The zero-order chi connectivity index (χ0) is 33.3. The van der Waals surface area contributed by atoms with Gasteiger partial charge in [0.1, 0.15) is 18.6 Å². The minimum absolute atomic E-state index is 0.0609. The lowest BCUT2D eigenvalue weighted by atomic mass is 9.91. The Morgan fingerprint density at radius 1 is 1.02 bits per heavy atom. The first-order valence-corrected chi connectivity index (χ1v) is 14.2. The standard InChI is InChI=1S/C31H36N2O12/c1-16(2)28(36)44-25-17(3)43-31(39)22(15-41-30(38)21(25)14-20-10-8-7-9-11-20)33-27(35)24-26(23(40-6)12-13-32-24)45-29(37)18(4)42-19(5)34/h7-13,16-18,21-22,25H,14-15H2,1-6H3,(H,33,35)/t17-,18+,21+,22?,25?/m0/s1. The van der Waals surface area contributed by atoms with Crippen molar-refractivity contribution in [3.8, 4) is 11.5 Å². The molecular weight excluding hydrogens is 592 g/mol. The van der Waals surface area contributed by atoms with Crippen molar-refractivity contribution in [3.05, 3.63) is 53.9 Å². The molecule has 1 aliphatic heterocycles. The fourth-order valence-electron chi connectivity index (χ4n) is 4.31. The van der Waals surface area contributed by atoms with Crippen LogP contribution < -0.4 is 14.8 Å². The van der Waals surface area contributed by atoms with E-state index in [0.29, 0.717) is 0 Å². The highest BCUT2D eigenvalue weighted by atomic mass is 16.6. The molecule has 5 atom stereocenters. The molecule has 1 N–H and O–H groups in total. The number of hydrogen-bond donors (Lipinski definition) is 1. The van der Waals surface area contributed by atoms with Crippen molar-refractivity contribution in [1.29, 1.82) is 0 Å². The first kappa shape index (κ1) is 34.5. The van der Waals surface area contributed by atoms with E-state index in [1.54, 1.807) is 38.1 Å². The molecule has 242 valence electrons. The molecule has 1 aromatic carbocycles. The summed E-state index contributed by atoms with van der Waals surface area (Å²) in [6, 6.07) is 8.75. The molecule has 1 amide bonds. The molecule has 0 saturated carbocycles. The van der Waals surface area contributed by atoms with Crippen molar-refractivity contribution in [2.75, 3.05) is 13.7 Å². The van der Waals surface area contributed by atoms with Gasteiger partial charge >= 0.3 is 29.8 Å². The number of methoxy groups -OCH3 is 1. The second-order valence-corrected chi connectivity index (χ2v) is 10.5. The molecule has 1 saturated heterocycles. The van der Waals surface area contributed by atoms with Gasteiger partial charge in [-0.05, 0) is 25.8 Å². The lowest BCUT2D eigenvalue weighted by Gasteiger charge is -2.29. The molecule has 45 heavy (non-hydrogen) atoms. The maximum absolute atomic E-state index is 13.4. The number of ether oxygens (including phenoxy) is 6. The number of rotatable bonds is 10. The molecule has 0 aliphatic carbocycles. The SMILES string of the molecule is COc1ccnc(C(=O)NC2COC(=O)[C@H](Cc3ccccc3)C(OC(=O)C(C)C)[C@H](C)OC2=O)c1OC(=O)[C@@H](C)OC(C)=O. The molecule has 0 bridgehead atoms. The number of esters is 5. The number of aromatic nitrogens is 1. The minimum atomic E-state index is -1.53. The Bertz CT molecular complexity index is 1410. The number of carbonyl (C=O) groups excluding carboxylic acids is 6. The molecule has 1 aromatic heterocycles. The number of carbonyl (C=O) groups is 6. The van der Waals surface area contributed by atoms with E-state index in [9.17, 15) is 28.8 Å². The Morgan fingerprint density at radius 3 is 2.33 bits per heavy atom. The summed E-state index contributed by atoms with van der Waals surface area (Å²) in [5, 5.41) is 2.39. The van der Waals surface area contributed by atoms with Gasteiger partial charge in [0.25, 0.3) is 5.91 Å². The third-order valence-electron chi connectivity index (χ3n) is 6.65. The molecule has 1 aliphatic rings. The van der Waals surface area contributed by atoms with Gasteiger partial charge in [0.15, 0.2) is 29.7 Å². The summed E-state index contributed by atoms with van der Waals surface area (Å²) >= 11 is 0. The van der Waals surface area contributed by atoms with E-state index < -0.39 is 90.0 Å². The smallest absolute Gasteiger partial charge is 0.352 e. The zero-order valence-electron chi connectivity index (χ0n) is 25.8. The van der Waals surface area contributed by atoms with Crippen LogP contribution in [-0.4, -0.2) is 78.8 Å². The normalized spacial score (nSPS) is 20.7. The minimum Gasteiger partial charge on any atom is -0.493 e. The largest absolute Gasteiger partial charge is 0.493 e. The van der Waals surface area contributed by atoms with Crippen molar-refractivity contribution in [3.63, 3.8) is 0 Å². The molecule has 0 radical (unpaired) electrons. The lowest BCUT2D eigenvalue weighted by molar-refractivity contribution is -0.176. The molecule has 3 rings (SSSR count). The number of cyclic esters (lactones) is 2. The Balaban J connectivity index is 1.89. The molecule has 1 fully saturated rings. The van der Waals surface area contributed by atoms with Crippen molar-refractivity contribution < 1.29 is 57.2 Å². The second kappa shape index (κ2) is 15.6. The monoisotopic (exact) mass is 628 g/mol. The van der Waals surface area contributed by atoms with Gasteiger partial charge in [0, 0.05) is 19.2 Å². The summed E-state index contributed by atoms with van der Waals surface area (Å²) in [6.45, 7) is 6.47. The quantitative estimate of drug-likeness (QED) is 0.298. The number of nitrogens with zero attached hydrogens (tertiary/aromatic N) is 1. The summed E-state index contributed by atoms with van der Waals surface area (Å²) in [4.78, 5) is 80.5. The van der Waals surface area contributed by atoms with Crippen LogP contribution >= 0.6 is 0 Å². The van der Waals surface area contributed by atoms with E-state index in [-0.39, 0.29) is 12.2 Å². The highest BCUT2D eigenvalue weighted by molar-refractivity contribution is 5.99. The highest BCUT2D eigenvalue weighted by Gasteiger charge is 2.42. The molecule has 2 aromatic rings. The van der Waals surface area contributed by atoms with Gasteiger partial charge in [-0.25, -0.2) is 14.6 Å². The average molecular weight is 629 g/mol. The fourth-order valence-corrected chi connectivity index (χ4v) is 4.31. The second-order valence-electron chi connectivity index (χ2n) is 10.5. The van der Waals surface area contributed by atoms with E-state index in [0.717, 1.165) is 12.5 Å². The van der Waals surface area contributed by atoms with E-state index in [4.69, 9.17) is 28.4 Å². The predicted octanol–water partition coefficient (Wildman–Crippen LogP) is 1.96. The van der Waals surface area contributed by atoms with Crippen LogP contribution in [0.4, 0.5) is 0 Å². The van der Waals surface area contributed by atoms with E-state index >= 15 is 0 Å². The number of hydrogen-bond acceptors (Lipinski definition) is 13. The van der Waals surface area contributed by atoms with Crippen molar-refractivity contribution in [2.45, 2.75) is 65.4 Å². The third kappa shape index (κ3) is 9.24. The maximum Gasteiger partial charge on any atom is 0.352 e. The van der Waals surface area contributed by atoms with E-state index in [1.807, 2.05) is 6.07 Å². The molecule has 2 unspecified atom stereocenters. The zero-order valence-corrected chi connectivity index (χ0v) is 25.8. The Hall–Kier alpha value is -5.01. The first-order valence-electron chi connectivity index (χ1n) is 14.2. The van der Waals surface area contributed by atoms with Gasteiger partial charge in [0.2, 0.25) is 5.75 Å². The molecule has 14 nitrogen and oxygen atoms in total. The van der Waals surface area contributed by atoms with Crippen LogP contribution in [0.1, 0.15) is 50.7 Å². The van der Waals surface area contributed by atoms with Crippen LogP contribution in [0.15, 0.2) is 42.6 Å². The van der Waals surface area contributed by atoms with Gasteiger partial charge in [-0.15, -0.1) is 0 Å². The van der Waals surface area contributed by atoms with Crippen molar-refractivity contribution >= 4 is 35.8 Å². The summed E-state index contributed by atoms with van der Waals surface area (Å²) in [6.07, 6.45) is -2.32. The van der Waals surface area contributed by atoms with E-state index in [1.165, 1.54) is 33.2 Å². The van der Waals surface area contributed by atoms with Gasteiger partial charge in [-0.2, -0.15) is 0 Å². The maximum atomic E-state index is 13.4. The van der Waals surface area contributed by atoms with Crippen LogP contribution in [0.2, 0.25) is 0 Å². The van der Waals surface area contributed by atoms with Gasteiger partial charge in [-0.1, -0.05) is 44.2 Å². The summed E-state index contributed by atoms with van der Waals surface area (Å²) in [7, 11) is 1.26. The van der Waals surface area contributed by atoms with Crippen LogP contribution in [0.25, 0.3) is 0 Å². The number of benzene rings is 1. The summed E-state index contributed by atoms with van der Waals surface area (Å²) < 4.78 is 32.0. The van der Waals surface area contributed by atoms with Crippen molar-refractivity contribution in [2.24, 2.45) is 11.8 Å². The molecule has 2 heterocycles. The Labute approximate surface area is 259 Å². The Kier molecular flexibility index (Phi) is 12.0. The number of nitrogens with one attached hydrogen (secondary N) is 1. The predicted molar refractivity (Wildman–Crippen MR) is 154 cm³/mol. The number of amides is 1. The van der Waals surface area contributed by atoms with E-state index in [2.05, 4.69) is 10.3 Å². The Morgan fingerprint density at radius 2 is 1.71 bits per heavy atom. The van der Waals surface area contributed by atoms with Crippen LogP contribution in [0, 0.1) is 11.8 Å².